The van der Waals surface area contributed by atoms with Crippen molar-refractivity contribution >= 4 is 41.4 Å². The average molecular weight is 837 g/mol. The number of carbonyl (C=O) groups is 7. The van der Waals surface area contributed by atoms with Gasteiger partial charge in [-0.05, 0) is 69.0 Å². The van der Waals surface area contributed by atoms with Crippen molar-refractivity contribution in [3.8, 4) is 0 Å². The summed E-state index contributed by atoms with van der Waals surface area (Å²) in [5.74, 6) is -4.24. The van der Waals surface area contributed by atoms with Crippen LogP contribution in [0.25, 0.3) is 0 Å². The molecular weight excluding hydrogens is 769 g/mol. The van der Waals surface area contributed by atoms with Crippen LogP contribution in [0.15, 0.2) is 42.2 Å². The lowest BCUT2D eigenvalue weighted by atomic mass is 9.96. The van der Waals surface area contributed by atoms with Gasteiger partial charge in [0.05, 0.1) is 13.2 Å². The van der Waals surface area contributed by atoms with E-state index in [4.69, 9.17) is 9.47 Å². The topological polar surface area (TPSA) is 166 Å². The van der Waals surface area contributed by atoms with Gasteiger partial charge in [0.15, 0.2) is 6.10 Å². The van der Waals surface area contributed by atoms with Crippen LogP contribution in [-0.4, -0.2) is 150 Å². The van der Waals surface area contributed by atoms with Gasteiger partial charge in [-0.25, -0.2) is 4.79 Å². The molecule has 3 aliphatic rings. The predicted octanol–water partition coefficient (Wildman–Crippen LogP) is 3.26. The lowest BCUT2D eigenvalue weighted by Crippen LogP contribution is -2.61. The second-order valence-electron chi connectivity index (χ2n) is 18.0. The largest absolute Gasteiger partial charge is 0.499 e. The average Bonchev–Trinajstić information content (AvgIpc) is 3.94. The number of rotatable bonds is 17. The van der Waals surface area contributed by atoms with Crippen LogP contribution >= 0.6 is 0 Å². The monoisotopic (exact) mass is 837 g/mol. The highest BCUT2D eigenvalue weighted by molar-refractivity contribution is 6.06. The van der Waals surface area contributed by atoms with Crippen LogP contribution in [0, 0.1) is 23.7 Å². The van der Waals surface area contributed by atoms with E-state index in [1.807, 2.05) is 90.9 Å². The highest BCUT2D eigenvalue weighted by Crippen LogP contribution is 2.30. The van der Waals surface area contributed by atoms with Crippen molar-refractivity contribution in [1.29, 1.82) is 0 Å². The van der Waals surface area contributed by atoms with Crippen LogP contribution in [0.4, 0.5) is 0 Å². The molecule has 0 saturated carbocycles. The fraction of sp³-hybridized carbons (Fsp3) is 0.667. The molecule has 4 rings (SSSR count). The van der Waals surface area contributed by atoms with E-state index < -0.39 is 77.9 Å². The summed E-state index contributed by atoms with van der Waals surface area (Å²) >= 11 is 0. The first-order valence-corrected chi connectivity index (χ1v) is 21.4. The summed E-state index contributed by atoms with van der Waals surface area (Å²) in [6.45, 7) is 15.3. The minimum atomic E-state index is -1.31. The van der Waals surface area contributed by atoms with E-state index in [1.54, 1.807) is 20.9 Å². The number of ether oxygens (including phenoxy) is 2. The Balaban J connectivity index is 1.50. The molecule has 0 aliphatic carbocycles. The van der Waals surface area contributed by atoms with Crippen molar-refractivity contribution < 1.29 is 43.0 Å². The molecule has 0 unspecified atom stereocenters. The molecule has 6 amide bonds. The number of benzene rings is 1. The minimum absolute atomic E-state index is 0.00726. The molecule has 1 aromatic carbocycles. The van der Waals surface area contributed by atoms with E-state index in [9.17, 15) is 33.6 Å². The number of esters is 1. The van der Waals surface area contributed by atoms with Gasteiger partial charge < -0.3 is 29.5 Å². The fourth-order valence-corrected chi connectivity index (χ4v) is 8.93. The standard InChI is InChI=1S/C45H68N6O9/c1-26(2)36(46-40(53)37(27(3)4)47(9)10)42(55)48(11)38(28(5)6)43(56)49-22-16-20-31(49)41(54)50-23-17-21-32(50)45(58)60-39(29(7)8)44(57)51-33(34(59-12)25-35(51)52)24-30-18-14-13-15-19-30/h13-15,18-19,25-29,31-33,36-39H,16-17,20-24H2,1-12H3,(H,46,53)/t31-,32-,33-,36+,37-,38-,39+/m0/s1. The van der Waals surface area contributed by atoms with E-state index in [0.717, 1.165) is 10.5 Å². The second kappa shape index (κ2) is 20.7. The van der Waals surface area contributed by atoms with E-state index >= 15 is 0 Å². The number of imide groups is 1. The van der Waals surface area contributed by atoms with Crippen molar-refractivity contribution in [2.45, 2.75) is 130 Å². The molecule has 2 saturated heterocycles. The highest BCUT2D eigenvalue weighted by atomic mass is 16.6. The summed E-state index contributed by atoms with van der Waals surface area (Å²) in [7, 11) is 6.64. The Hall–Kier alpha value is -4.79. The summed E-state index contributed by atoms with van der Waals surface area (Å²) in [6, 6.07) is 4.52. The molecule has 0 spiro atoms. The number of hydrogen-bond acceptors (Lipinski definition) is 10. The number of nitrogens with one attached hydrogen (secondary N) is 1. The van der Waals surface area contributed by atoms with Gasteiger partial charge in [-0.15, -0.1) is 0 Å². The number of carbonyl (C=O) groups excluding carboxylic acids is 7. The Morgan fingerprint density at radius 3 is 1.88 bits per heavy atom. The molecule has 15 heteroatoms. The van der Waals surface area contributed by atoms with Gasteiger partial charge in [-0.3, -0.25) is 38.6 Å². The Morgan fingerprint density at radius 2 is 1.35 bits per heavy atom. The van der Waals surface area contributed by atoms with E-state index in [1.165, 1.54) is 27.9 Å². The molecule has 1 aromatic rings. The summed E-state index contributed by atoms with van der Waals surface area (Å²) in [6.07, 6.45) is 2.02. The third-order valence-corrected chi connectivity index (χ3v) is 11.9. The summed E-state index contributed by atoms with van der Waals surface area (Å²) in [5, 5.41) is 2.95. The van der Waals surface area contributed by atoms with Crippen LogP contribution in [0.3, 0.4) is 0 Å². The molecule has 2 fully saturated rings. The first-order valence-electron chi connectivity index (χ1n) is 21.4. The molecule has 1 N–H and O–H groups in total. The quantitative estimate of drug-likeness (QED) is 0.230. The fourth-order valence-electron chi connectivity index (χ4n) is 8.93. The minimum Gasteiger partial charge on any atom is -0.499 e. The van der Waals surface area contributed by atoms with Gasteiger partial charge in [-0.2, -0.15) is 0 Å². The first-order chi connectivity index (χ1) is 28.2. The lowest BCUT2D eigenvalue weighted by molar-refractivity contribution is -0.170. The van der Waals surface area contributed by atoms with Gasteiger partial charge in [-0.1, -0.05) is 85.7 Å². The summed E-state index contributed by atoms with van der Waals surface area (Å²) < 4.78 is 11.4. The van der Waals surface area contributed by atoms with Crippen molar-refractivity contribution in [2.75, 3.05) is 41.3 Å². The normalized spacial score (nSPS) is 21.4. The van der Waals surface area contributed by atoms with E-state index in [-0.39, 0.29) is 36.1 Å². The number of hydrogen-bond donors (Lipinski definition) is 1. The zero-order valence-corrected chi connectivity index (χ0v) is 37.7. The molecule has 3 aliphatic heterocycles. The van der Waals surface area contributed by atoms with Crippen LogP contribution in [-0.2, 0) is 49.5 Å². The zero-order valence-electron chi connectivity index (χ0n) is 37.7. The molecule has 332 valence electrons. The number of nitrogens with zero attached hydrogens (tertiary/aromatic N) is 5. The van der Waals surface area contributed by atoms with Crippen molar-refractivity contribution in [3.05, 3.63) is 47.7 Å². The van der Waals surface area contributed by atoms with Crippen LogP contribution in [0.5, 0.6) is 0 Å². The Kier molecular flexibility index (Phi) is 16.5. The Morgan fingerprint density at radius 1 is 0.767 bits per heavy atom. The van der Waals surface area contributed by atoms with Gasteiger partial charge in [0.1, 0.15) is 36.0 Å². The summed E-state index contributed by atoms with van der Waals surface area (Å²) in [5.41, 5.74) is 0.886. The molecule has 0 bridgehead atoms. The first kappa shape index (κ1) is 47.9. The van der Waals surface area contributed by atoms with Gasteiger partial charge in [0.25, 0.3) is 11.8 Å². The zero-order chi connectivity index (χ0) is 44.7. The van der Waals surface area contributed by atoms with Crippen LogP contribution < -0.4 is 5.32 Å². The third kappa shape index (κ3) is 10.6. The molecule has 60 heavy (non-hydrogen) atoms. The maximum atomic E-state index is 14.5. The van der Waals surface area contributed by atoms with Crippen molar-refractivity contribution in [2.24, 2.45) is 23.7 Å². The Labute approximate surface area is 356 Å². The molecule has 15 nitrogen and oxygen atoms in total. The lowest BCUT2D eigenvalue weighted by Gasteiger charge is -2.39. The number of amides is 6. The predicted molar refractivity (Wildman–Crippen MR) is 226 cm³/mol. The van der Waals surface area contributed by atoms with Crippen molar-refractivity contribution in [1.82, 2.24) is 29.8 Å². The number of likely N-dealkylation sites (N-methyl/N-ethyl adjacent to an activating group) is 2. The van der Waals surface area contributed by atoms with Crippen LogP contribution in [0.2, 0.25) is 0 Å². The van der Waals surface area contributed by atoms with Crippen molar-refractivity contribution in [3.63, 3.8) is 0 Å². The maximum Gasteiger partial charge on any atom is 0.329 e. The Bertz CT molecular complexity index is 1750. The van der Waals surface area contributed by atoms with E-state index in [2.05, 4.69) is 5.32 Å². The highest BCUT2D eigenvalue weighted by Gasteiger charge is 2.48. The number of methoxy groups -OCH3 is 1. The van der Waals surface area contributed by atoms with Gasteiger partial charge >= 0.3 is 5.97 Å². The summed E-state index contributed by atoms with van der Waals surface area (Å²) in [4.78, 5) is 105. The van der Waals surface area contributed by atoms with Crippen LogP contribution in [0.1, 0.15) is 86.6 Å². The maximum absolute atomic E-state index is 14.5. The van der Waals surface area contributed by atoms with Gasteiger partial charge in [0.2, 0.25) is 23.6 Å². The molecule has 0 radical (unpaired) electrons. The second-order valence-corrected chi connectivity index (χ2v) is 18.0. The SMILES string of the molecule is COC1=CC(=O)N(C(=O)[C@H](OC(=O)[C@@H]2CCCN2C(=O)[C@@H]2CCCN2C(=O)[C@H](C(C)C)N(C)C(=O)[C@H](NC(=O)[C@H](C(C)C)N(C)C)C(C)C)C(C)C)[C@H]1Cc1ccccc1. The van der Waals surface area contributed by atoms with E-state index in [0.29, 0.717) is 44.4 Å². The molecular formula is C45H68N6O9. The molecule has 7 atom stereocenters. The van der Waals surface area contributed by atoms with Gasteiger partial charge in [0, 0.05) is 32.6 Å². The molecule has 0 aromatic heterocycles. The molecule has 3 heterocycles. The third-order valence-electron chi connectivity index (χ3n) is 11.9. The number of likely N-dealkylation sites (tertiary alicyclic amines) is 2. The smallest absolute Gasteiger partial charge is 0.329 e.